The maximum absolute atomic E-state index is 12.1. The number of benzene rings is 2. The first-order chi connectivity index (χ1) is 12.8. The molecule has 142 valence electrons. The topological polar surface area (TPSA) is 84.9 Å². The molecule has 0 bridgehead atoms. The van der Waals surface area contributed by atoms with E-state index in [2.05, 4.69) is 5.32 Å². The van der Waals surface area contributed by atoms with Gasteiger partial charge in [-0.25, -0.2) is 0 Å². The van der Waals surface area contributed by atoms with Crippen molar-refractivity contribution in [2.45, 2.75) is 6.92 Å². The third-order valence-corrected chi connectivity index (χ3v) is 3.75. The van der Waals surface area contributed by atoms with Crippen molar-refractivity contribution in [3.05, 3.63) is 53.6 Å². The number of Topliss-reactive ketones (excluding diaryl/α,β-unsaturated/α-hetero) is 1. The normalized spacial score (nSPS) is 10.1. The van der Waals surface area contributed by atoms with Crippen LogP contribution in [0.2, 0.25) is 0 Å². The van der Waals surface area contributed by atoms with Crippen LogP contribution in [0.15, 0.2) is 42.5 Å². The molecule has 0 fully saturated rings. The van der Waals surface area contributed by atoms with Gasteiger partial charge >= 0.3 is 0 Å². The van der Waals surface area contributed by atoms with Crippen LogP contribution in [0.5, 0.6) is 11.5 Å². The molecule has 2 aromatic rings. The highest BCUT2D eigenvalue weighted by Gasteiger charge is 2.11. The molecule has 0 radical (unpaired) electrons. The Kier molecular flexibility index (Phi) is 6.54. The zero-order valence-electron chi connectivity index (χ0n) is 15.7. The summed E-state index contributed by atoms with van der Waals surface area (Å²) < 4.78 is 10.7. The lowest BCUT2D eigenvalue weighted by atomic mass is 10.1. The number of hydrogen-bond acceptors (Lipinski definition) is 5. The summed E-state index contributed by atoms with van der Waals surface area (Å²) >= 11 is 0. The van der Waals surface area contributed by atoms with Crippen molar-refractivity contribution in [2.24, 2.45) is 0 Å². The Morgan fingerprint density at radius 1 is 0.963 bits per heavy atom. The van der Waals surface area contributed by atoms with Gasteiger partial charge in [0, 0.05) is 30.9 Å². The van der Waals surface area contributed by atoms with Crippen LogP contribution in [0.25, 0.3) is 0 Å². The number of hydrogen-bond donors (Lipinski definition) is 1. The van der Waals surface area contributed by atoms with Gasteiger partial charge in [-0.05, 0) is 49.4 Å². The van der Waals surface area contributed by atoms with Crippen molar-refractivity contribution < 1.29 is 23.9 Å². The second kappa shape index (κ2) is 8.84. The van der Waals surface area contributed by atoms with Gasteiger partial charge < -0.3 is 19.7 Å². The molecule has 0 heterocycles. The van der Waals surface area contributed by atoms with Gasteiger partial charge in [-0.3, -0.25) is 14.4 Å². The highest BCUT2D eigenvalue weighted by atomic mass is 16.5. The zero-order valence-corrected chi connectivity index (χ0v) is 15.7. The van der Waals surface area contributed by atoms with E-state index in [1.807, 2.05) is 0 Å². The monoisotopic (exact) mass is 370 g/mol. The van der Waals surface area contributed by atoms with Gasteiger partial charge in [-0.1, -0.05) is 0 Å². The number of carbonyl (C=O) groups excluding carboxylic acids is 3. The summed E-state index contributed by atoms with van der Waals surface area (Å²) in [6, 6.07) is 11.3. The lowest BCUT2D eigenvalue weighted by Crippen LogP contribution is -2.22. The molecule has 2 rings (SSSR count). The van der Waals surface area contributed by atoms with E-state index >= 15 is 0 Å². The van der Waals surface area contributed by atoms with E-state index < -0.39 is 0 Å². The summed E-state index contributed by atoms with van der Waals surface area (Å²) in [6.45, 7) is 1.23. The second-order valence-electron chi connectivity index (χ2n) is 6.04. The molecular weight excluding hydrogens is 348 g/mol. The number of nitrogens with zero attached hydrogens (tertiary/aromatic N) is 1. The minimum Gasteiger partial charge on any atom is -0.493 e. The fourth-order valence-electron chi connectivity index (χ4n) is 2.30. The Labute approximate surface area is 157 Å². The molecule has 0 saturated carbocycles. The van der Waals surface area contributed by atoms with E-state index in [4.69, 9.17) is 9.47 Å². The molecule has 1 N–H and O–H groups in total. The summed E-state index contributed by atoms with van der Waals surface area (Å²) in [6.07, 6.45) is 0. The highest BCUT2D eigenvalue weighted by Crippen LogP contribution is 2.28. The first kappa shape index (κ1) is 20.0. The van der Waals surface area contributed by atoms with E-state index in [9.17, 15) is 14.4 Å². The average molecular weight is 370 g/mol. The Balaban J connectivity index is 1.96. The molecular formula is C20H22N2O5. The molecule has 0 aliphatic carbocycles. The van der Waals surface area contributed by atoms with Crippen molar-refractivity contribution in [2.75, 3.05) is 33.1 Å². The largest absolute Gasteiger partial charge is 0.493 e. The van der Waals surface area contributed by atoms with Crippen LogP contribution in [0.3, 0.4) is 0 Å². The van der Waals surface area contributed by atoms with Gasteiger partial charge in [-0.2, -0.15) is 0 Å². The number of nitrogens with one attached hydrogen (secondary N) is 1. The molecule has 0 saturated heterocycles. The summed E-state index contributed by atoms with van der Waals surface area (Å²) in [7, 11) is 4.81. The third kappa shape index (κ3) is 5.31. The zero-order chi connectivity index (χ0) is 20.0. The first-order valence-corrected chi connectivity index (χ1v) is 8.25. The first-order valence-electron chi connectivity index (χ1n) is 8.25. The predicted molar refractivity (Wildman–Crippen MR) is 102 cm³/mol. The number of ether oxygens (including phenoxy) is 2. The maximum atomic E-state index is 12.1. The van der Waals surface area contributed by atoms with Crippen LogP contribution < -0.4 is 14.8 Å². The highest BCUT2D eigenvalue weighted by molar-refractivity contribution is 5.96. The van der Waals surface area contributed by atoms with E-state index in [0.29, 0.717) is 28.3 Å². The molecule has 0 unspecified atom stereocenters. The van der Waals surface area contributed by atoms with E-state index in [1.54, 1.807) is 56.6 Å². The van der Waals surface area contributed by atoms with Crippen molar-refractivity contribution in [3.8, 4) is 11.5 Å². The van der Waals surface area contributed by atoms with Crippen LogP contribution in [0.1, 0.15) is 27.6 Å². The van der Waals surface area contributed by atoms with Gasteiger partial charge in [0.05, 0.1) is 7.11 Å². The molecule has 0 spiro atoms. The van der Waals surface area contributed by atoms with Gasteiger partial charge in [0.25, 0.3) is 11.8 Å². The van der Waals surface area contributed by atoms with Gasteiger partial charge in [0.15, 0.2) is 23.9 Å². The molecule has 0 atom stereocenters. The molecule has 0 aliphatic rings. The van der Waals surface area contributed by atoms with Crippen molar-refractivity contribution >= 4 is 23.3 Å². The van der Waals surface area contributed by atoms with Crippen LogP contribution >= 0.6 is 0 Å². The SMILES string of the molecule is COc1cc(C(C)=O)ccc1OCC(=O)Nc1ccc(C(=O)N(C)C)cc1. The average Bonchev–Trinajstić information content (AvgIpc) is 2.66. The van der Waals surface area contributed by atoms with E-state index in [1.165, 1.54) is 18.9 Å². The number of carbonyl (C=O) groups is 3. The molecule has 2 amide bonds. The van der Waals surface area contributed by atoms with Crippen LogP contribution in [0.4, 0.5) is 5.69 Å². The fraction of sp³-hybridized carbons (Fsp3) is 0.250. The summed E-state index contributed by atoms with van der Waals surface area (Å²) in [5, 5.41) is 2.69. The smallest absolute Gasteiger partial charge is 0.262 e. The number of anilines is 1. The maximum Gasteiger partial charge on any atom is 0.262 e. The molecule has 2 aromatic carbocycles. The van der Waals surface area contributed by atoms with Crippen molar-refractivity contribution in [3.63, 3.8) is 0 Å². The van der Waals surface area contributed by atoms with E-state index in [-0.39, 0.29) is 24.2 Å². The van der Waals surface area contributed by atoms with Gasteiger partial charge in [-0.15, -0.1) is 0 Å². The van der Waals surface area contributed by atoms with E-state index in [0.717, 1.165) is 0 Å². The minimum atomic E-state index is -0.362. The summed E-state index contributed by atoms with van der Waals surface area (Å²) in [4.78, 5) is 36.8. The molecule has 7 nitrogen and oxygen atoms in total. The number of rotatable bonds is 7. The van der Waals surface area contributed by atoms with Crippen molar-refractivity contribution in [1.82, 2.24) is 4.90 Å². The van der Waals surface area contributed by atoms with Crippen molar-refractivity contribution in [1.29, 1.82) is 0 Å². The van der Waals surface area contributed by atoms with Gasteiger partial charge in [0.1, 0.15) is 0 Å². The minimum absolute atomic E-state index is 0.0891. The third-order valence-electron chi connectivity index (χ3n) is 3.75. The molecule has 7 heteroatoms. The fourth-order valence-corrected chi connectivity index (χ4v) is 2.30. The standard InChI is InChI=1S/C20H22N2O5/c1-13(23)15-7-10-17(18(11-15)26-4)27-12-19(24)21-16-8-5-14(6-9-16)20(25)22(2)3/h5-11H,12H2,1-4H3,(H,21,24). The number of amides is 2. The summed E-state index contributed by atoms with van der Waals surface area (Å²) in [5.74, 6) is 0.178. The van der Waals surface area contributed by atoms with Gasteiger partial charge in [0.2, 0.25) is 0 Å². The number of methoxy groups -OCH3 is 1. The Morgan fingerprint density at radius 2 is 1.59 bits per heavy atom. The number of ketones is 1. The lowest BCUT2D eigenvalue weighted by Gasteiger charge is -2.12. The second-order valence-corrected chi connectivity index (χ2v) is 6.04. The molecule has 0 aromatic heterocycles. The Bertz CT molecular complexity index is 844. The summed E-state index contributed by atoms with van der Waals surface area (Å²) in [5.41, 5.74) is 1.58. The molecule has 0 aliphatic heterocycles. The predicted octanol–water partition coefficient (Wildman–Crippen LogP) is 2.62. The quantitative estimate of drug-likeness (QED) is 0.758. The Morgan fingerprint density at radius 3 is 2.15 bits per heavy atom. The Hall–Kier alpha value is -3.35. The van der Waals surface area contributed by atoms with Crippen LogP contribution in [-0.4, -0.2) is 50.3 Å². The van der Waals surface area contributed by atoms with Crippen LogP contribution in [0, 0.1) is 0 Å². The lowest BCUT2D eigenvalue weighted by molar-refractivity contribution is -0.118. The van der Waals surface area contributed by atoms with Crippen LogP contribution in [-0.2, 0) is 4.79 Å². The molecule has 27 heavy (non-hydrogen) atoms.